The van der Waals surface area contributed by atoms with Gasteiger partial charge in [-0.3, -0.25) is 0 Å². The van der Waals surface area contributed by atoms with E-state index < -0.39 is 11.7 Å². The summed E-state index contributed by atoms with van der Waals surface area (Å²) < 4.78 is 49.0. The summed E-state index contributed by atoms with van der Waals surface area (Å²) in [4.78, 5) is 3.66. The zero-order valence-corrected chi connectivity index (χ0v) is 13.9. The van der Waals surface area contributed by atoms with Gasteiger partial charge in [-0.1, -0.05) is 24.6 Å². The smallest absolute Gasteiger partial charge is 0.417 e. The van der Waals surface area contributed by atoms with Crippen LogP contribution in [0.3, 0.4) is 0 Å². The molecule has 0 atom stereocenters. The molecule has 0 aliphatic rings. The number of ether oxygens (including phenoxy) is 2. The van der Waals surface area contributed by atoms with Gasteiger partial charge in [-0.2, -0.15) is 13.2 Å². The Morgan fingerprint density at radius 2 is 2.00 bits per heavy atom. The third-order valence-corrected chi connectivity index (χ3v) is 3.46. The monoisotopic (exact) mass is 374 g/mol. The number of hydrogen-bond acceptors (Lipinski definition) is 4. The second kappa shape index (κ2) is 8.40. The average molecular weight is 375 g/mol. The van der Waals surface area contributed by atoms with E-state index in [-0.39, 0.29) is 24.1 Å². The third-order valence-electron chi connectivity index (χ3n) is 3.19. The largest absolute Gasteiger partial charge is 0.491 e. The molecule has 1 N–H and O–H groups in total. The molecule has 1 aromatic carbocycles. The van der Waals surface area contributed by atoms with Crippen molar-refractivity contribution in [3.63, 3.8) is 0 Å². The van der Waals surface area contributed by atoms with Crippen molar-refractivity contribution in [2.24, 2.45) is 0 Å². The number of aromatic nitrogens is 1. The van der Waals surface area contributed by atoms with Crippen LogP contribution in [0.15, 0.2) is 30.5 Å². The number of aryl methyl sites for hydroxylation is 1. The van der Waals surface area contributed by atoms with Gasteiger partial charge in [-0.25, -0.2) is 4.98 Å². The Kier molecular flexibility index (Phi) is 6.50. The standard InChI is InChI=1S/C17H16ClF3NO3/c1-2-3-11-4-5-13(24-7-6-23)9-15(11)25-16-14(18)8-12(10-22-16)17(19,20)21/h4-5,8-10,23H,1-3,6-7H2. The van der Waals surface area contributed by atoms with E-state index in [1.807, 2.05) is 0 Å². The first-order chi connectivity index (χ1) is 11.8. The Hall–Kier alpha value is -1.99. The minimum Gasteiger partial charge on any atom is -0.491 e. The van der Waals surface area contributed by atoms with E-state index in [0.29, 0.717) is 30.5 Å². The van der Waals surface area contributed by atoms with E-state index in [1.165, 1.54) is 0 Å². The Morgan fingerprint density at radius 1 is 1.24 bits per heavy atom. The average Bonchev–Trinajstić information content (AvgIpc) is 2.56. The van der Waals surface area contributed by atoms with E-state index in [9.17, 15) is 13.2 Å². The molecule has 0 saturated heterocycles. The van der Waals surface area contributed by atoms with Crippen LogP contribution >= 0.6 is 11.6 Å². The predicted octanol–water partition coefficient (Wildman–Crippen LogP) is 4.68. The molecular weight excluding hydrogens is 359 g/mol. The van der Waals surface area contributed by atoms with Crippen LogP contribution in [0.1, 0.15) is 17.5 Å². The van der Waals surface area contributed by atoms with Crippen LogP contribution in [0.5, 0.6) is 17.4 Å². The zero-order valence-electron chi connectivity index (χ0n) is 13.1. The molecule has 1 heterocycles. The number of nitrogens with zero attached hydrogens (tertiary/aromatic N) is 1. The lowest BCUT2D eigenvalue weighted by atomic mass is 10.1. The third kappa shape index (κ3) is 5.24. The lowest BCUT2D eigenvalue weighted by Crippen LogP contribution is -2.06. The number of benzene rings is 1. The highest BCUT2D eigenvalue weighted by molar-refractivity contribution is 6.31. The van der Waals surface area contributed by atoms with Crippen molar-refractivity contribution in [1.29, 1.82) is 0 Å². The Morgan fingerprint density at radius 3 is 2.60 bits per heavy atom. The van der Waals surface area contributed by atoms with Gasteiger partial charge in [0.25, 0.3) is 0 Å². The van der Waals surface area contributed by atoms with Crippen molar-refractivity contribution in [2.75, 3.05) is 13.2 Å². The van der Waals surface area contributed by atoms with Crippen LogP contribution in [0, 0.1) is 6.92 Å². The molecule has 0 spiro atoms. The van der Waals surface area contributed by atoms with E-state index in [0.717, 1.165) is 11.6 Å². The fourth-order valence-corrected chi connectivity index (χ4v) is 2.24. The molecule has 0 amide bonds. The number of pyridine rings is 1. The molecule has 0 fully saturated rings. The molecule has 1 radical (unpaired) electrons. The van der Waals surface area contributed by atoms with Gasteiger partial charge in [0, 0.05) is 12.3 Å². The maximum absolute atomic E-state index is 12.7. The topological polar surface area (TPSA) is 51.6 Å². The molecule has 4 nitrogen and oxygen atoms in total. The van der Waals surface area contributed by atoms with E-state index in [1.54, 1.807) is 18.2 Å². The molecule has 0 aliphatic heterocycles. The van der Waals surface area contributed by atoms with Crippen LogP contribution in [-0.2, 0) is 12.6 Å². The lowest BCUT2D eigenvalue weighted by Gasteiger charge is -2.14. The summed E-state index contributed by atoms with van der Waals surface area (Å²) in [5, 5.41) is 8.56. The van der Waals surface area contributed by atoms with Crippen LogP contribution in [0.25, 0.3) is 0 Å². The first-order valence-corrected chi connectivity index (χ1v) is 7.79. The summed E-state index contributed by atoms with van der Waals surface area (Å²) in [5.41, 5.74) is -0.174. The number of aliphatic hydroxyl groups excluding tert-OH is 1. The zero-order chi connectivity index (χ0) is 18.4. The second-order valence-corrected chi connectivity index (χ2v) is 5.46. The number of halogens is 4. The molecule has 2 aromatic rings. The SMILES string of the molecule is [CH2]CCc1ccc(OCCO)cc1Oc1ncc(C(F)(F)F)cc1Cl. The summed E-state index contributed by atoms with van der Waals surface area (Å²) in [7, 11) is 0. The molecule has 0 aliphatic carbocycles. The molecule has 135 valence electrons. The molecule has 25 heavy (non-hydrogen) atoms. The lowest BCUT2D eigenvalue weighted by molar-refractivity contribution is -0.137. The molecule has 0 unspecified atom stereocenters. The highest BCUT2D eigenvalue weighted by Crippen LogP contribution is 2.36. The predicted molar refractivity (Wildman–Crippen MR) is 87.0 cm³/mol. The van der Waals surface area contributed by atoms with Crippen molar-refractivity contribution in [1.82, 2.24) is 4.98 Å². The van der Waals surface area contributed by atoms with Gasteiger partial charge in [-0.15, -0.1) is 0 Å². The van der Waals surface area contributed by atoms with E-state index in [4.69, 9.17) is 26.2 Å². The minimum absolute atomic E-state index is 0.105. The first kappa shape index (κ1) is 19.3. The first-order valence-electron chi connectivity index (χ1n) is 7.41. The van der Waals surface area contributed by atoms with Crippen LogP contribution < -0.4 is 9.47 Å². The fourth-order valence-electron chi connectivity index (χ4n) is 2.04. The molecule has 0 saturated carbocycles. The van der Waals surface area contributed by atoms with Crippen molar-refractivity contribution < 1.29 is 27.8 Å². The Bertz CT molecular complexity index is 723. The number of rotatable bonds is 7. The number of hydrogen-bond donors (Lipinski definition) is 1. The summed E-state index contributed by atoms with van der Waals surface area (Å²) in [6.07, 6.45) is -2.68. The summed E-state index contributed by atoms with van der Waals surface area (Å²) in [5.74, 6) is 0.660. The molecule has 0 bridgehead atoms. The van der Waals surface area contributed by atoms with Crippen molar-refractivity contribution in [3.05, 3.63) is 53.5 Å². The van der Waals surface area contributed by atoms with E-state index in [2.05, 4.69) is 11.9 Å². The molecular formula is C17H16ClF3NO3. The van der Waals surface area contributed by atoms with Gasteiger partial charge in [0.15, 0.2) is 0 Å². The van der Waals surface area contributed by atoms with Crippen LogP contribution in [-0.4, -0.2) is 23.3 Å². The van der Waals surface area contributed by atoms with Gasteiger partial charge >= 0.3 is 6.18 Å². The summed E-state index contributed by atoms with van der Waals surface area (Å²) >= 11 is 5.87. The summed E-state index contributed by atoms with van der Waals surface area (Å²) in [6.45, 7) is 3.73. The summed E-state index contributed by atoms with van der Waals surface area (Å²) in [6, 6.07) is 5.79. The molecule has 2 rings (SSSR count). The van der Waals surface area contributed by atoms with Crippen molar-refractivity contribution in [2.45, 2.75) is 19.0 Å². The Balaban J connectivity index is 2.31. The Labute approximate surface area is 148 Å². The van der Waals surface area contributed by atoms with Gasteiger partial charge in [0.2, 0.25) is 5.88 Å². The van der Waals surface area contributed by atoms with Gasteiger partial charge < -0.3 is 14.6 Å². The highest BCUT2D eigenvalue weighted by atomic mass is 35.5. The van der Waals surface area contributed by atoms with Crippen molar-refractivity contribution in [3.8, 4) is 17.4 Å². The number of alkyl halides is 3. The van der Waals surface area contributed by atoms with Gasteiger partial charge in [0.05, 0.1) is 12.2 Å². The number of aliphatic hydroxyl groups is 1. The van der Waals surface area contributed by atoms with Crippen LogP contribution in [0.2, 0.25) is 5.02 Å². The maximum atomic E-state index is 12.7. The normalized spacial score (nSPS) is 11.4. The maximum Gasteiger partial charge on any atom is 0.417 e. The molecule has 1 aromatic heterocycles. The minimum atomic E-state index is -4.54. The second-order valence-electron chi connectivity index (χ2n) is 5.06. The molecule has 8 heteroatoms. The quantitative estimate of drug-likeness (QED) is 0.764. The van der Waals surface area contributed by atoms with Gasteiger partial charge in [-0.05, 0) is 30.5 Å². The van der Waals surface area contributed by atoms with Gasteiger partial charge in [0.1, 0.15) is 23.1 Å². The fraction of sp³-hybridized carbons (Fsp3) is 0.294. The van der Waals surface area contributed by atoms with Crippen molar-refractivity contribution >= 4 is 11.6 Å². The van der Waals surface area contributed by atoms with E-state index >= 15 is 0 Å². The van der Waals surface area contributed by atoms with Crippen LogP contribution in [0.4, 0.5) is 13.2 Å². The highest BCUT2D eigenvalue weighted by Gasteiger charge is 2.31.